The number of aliphatic hydroxyl groups excluding tert-OH is 1. The Kier molecular flexibility index (Phi) is 11.5. The van der Waals surface area contributed by atoms with Gasteiger partial charge < -0.3 is 20.1 Å². The zero-order valence-corrected chi connectivity index (χ0v) is 20.0. The van der Waals surface area contributed by atoms with Crippen LogP contribution in [0, 0.1) is 0 Å². The third-order valence-corrected chi connectivity index (χ3v) is 5.91. The summed E-state index contributed by atoms with van der Waals surface area (Å²) in [6, 6.07) is -0.0535. The fourth-order valence-corrected chi connectivity index (χ4v) is 4.08. The molecule has 2 aliphatic heterocycles. The fourth-order valence-electron chi connectivity index (χ4n) is 4.08. The normalized spacial score (nSPS) is 20.4. The number of rotatable bonds is 15. The van der Waals surface area contributed by atoms with Gasteiger partial charge in [0.15, 0.2) is 0 Å². The third kappa shape index (κ3) is 9.63. The maximum absolute atomic E-state index is 12.5. The van der Waals surface area contributed by atoms with E-state index in [1.807, 2.05) is 13.8 Å². The molecule has 0 radical (unpaired) electrons. The van der Waals surface area contributed by atoms with Gasteiger partial charge in [-0.15, -0.1) is 0 Å². The largest absolute Gasteiger partial charge is 0.391 e. The first-order valence-corrected chi connectivity index (χ1v) is 12.2. The summed E-state index contributed by atoms with van der Waals surface area (Å²) in [6.45, 7) is 5.73. The molecular weight excluding hydrogens is 426 g/mol. The molecule has 1 fully saturated rings. The van der Waals surface area contributed by atoms with E-state index in [9.17, 15) is 24.3 Å². The lowest BCUT2D eigenvalue weighted by Crippen LogP contribution is -2.39. The number of imide groups is 1. The van der Waals surface area contributed by atoms with Gasteiger partial charge in [-0.2, -0.15) is 0 Å². The van der Waals surface area contributed by atoms with E-state index in [4.69, 9.17) is 4.74 Å². The van der Waals surface area contributed by atoms with Crippen molar-refractivity contribution in [2.45, 2.75) is 89.9 Å². The second kappa shape index (κ2) is 14.1. The number of aliphatic hydroxyl groups is 1. The summed E-state index contributed by atoms with van der Waals surface area (Å²) in [5.41, 5.74) is 0. The highest BCUT2D eigenvalue weighted by Crippen LogP contribution is 2.20. The summed E-state index contributed by atoms with van der Waals surface area (Å²) in [4.78, 5) is 50.3. The van der Waals surface area contributed by atoms with Crippen LogP contribution >= 0.6 is 0 Å². The Labute approximate surface area is 196 Å². The molecule has 4 amide bonds. The maximum Gasteiger partial charge on any atom is 0.253 e. The second-order valence-electron chi connectivity index (χ2n) is 9.10. The SMILES string of the molecule is CC(C)OC[C@@H]1C[C@@H](O)CN1C(=O)CCCCCNC(=O)CCCCCN1C(=O)C=CC1=O. The van der Waals surface area contributed by atoms with Gasteiger partial charge in [-0.1, -0.05) is 12.8 Å². The zero-order valence-electron chi connectivity index (χ0n) is 20.0. The van der Waals surface area contributed by atoms with E-state index in [1.165, 1.54) is 17.1 Å². The minimum atomic E-state index is -0.480. The Balaban J connectivity index is 1.47. The number of amides is 4. The van der Waals surface area contributed by atoms with E-state index < -0.39 is 6.10 Å². The Morgan fingerprint density at radius 3 is 2.42 bits per heavy atom. The van der Waals surface area contributed by atoms with Crippen molar-refractivity contribution >= 4 is 23.6 Å². The van der Waals surface area contributed by atoms with Crippen LogP contribution in [0.2, 0.25) is 0 Å². The number of likely N-dealkylation sites (tertiary alicyclic amines) is 1. The van der Waals surface area contributed by atoms with Gasteiger partial charge in [-0.3, -0.25) is 24.1 Å². The average Bonchev–Trinajstić information content (AvgIpc) is 3.30. The van der Waals surface area contributed by atoms with Crippen molar-refractivity contribution < 1.29 is 29.0 Å². The van der Waals surface area contributed by atoms with E-state index in [-0.39, 0.29) is 35.8 Å². The first-order chi connectivity index (χ1) is 15.8. The summed E-state index contributed by atoms with van der Waals surface area (Å²) < 4.78 is 5.63. The molecule has 0 aliphatic carbocycles. The lowest BCUT2D eigenvalue weighted by Gasteiger charge is -2.25. The van der Waals surface area contributed by atoms with Crippen LogP contribution in [-0.4, -0.2) is 83.0 Å². The number of hydrogen-bond donors (Lipinski definition) is 2. The van der Waals surface area contributed by atoms with Crippen molar-refractivity contribution in [3.8, 4) is 0 Å². The van der Waals surface area contributed by atoms with Crippen molar-refractivity contribution in [2.24, 2.45) is 0 Å². The number of unbranched alkanes of at least 4 members (excludes halogenated alkanes) is 4. The first kappa shape index (κ1) is 27.0. The monoisotopic (exact) mass is 465 g/mol. The van der Waals surface area contributed by atoms with E-state index in [0.29, 0.717) is 58.3 Å². The van der Waals surface area contributed by atoms with E-state index >= 15 is 0 Å². The molecule has 2 N–H and O–H groups in total. The van der Waals surface area contributed by atoms with Crippen LogP contribution in [0.4, 0.5) is 0 Å². The average molecular weight is 466 g/mol. The van der Waals surface area contributed by atoms with Crippen LogP contribution in [0.25, 0.3) is 0 Å². The predicted molar refractivity (Wildman–Crippen MR) is 123 cm³/mol. The van der Waals surface area contributed by atoms with Crippen LogP contribution < -0.4 is 5.32 Å². The number of nitrogens with one attached hydrogen (secondary N) is 1. The molecule has 9 nitrogen and oxygen atoms in total. The highest BCUT2D eigenvalue weighted by Gasteiger charge is 2.34. The van der Waals surface area contributed by atoms with Crippen molar-refractivity contribution in [3.05, 3.63) is 12.2 Å². The molecule has 9 heteroatoms. The van der Waals surface area contributed by atoms with Crippen molar-refractivity contribution in [1.29, 1.82) is 0 Å². The molecule has 0 spiro atoms. The number of nitrogens with zero attached hydrogens (tertiary/aromatic N) is 2. The van der Waals surface area contributed by atoms with Gasteiger partial charge in [0.25, 0.3) is 11.8 Å². The van der Waals surface area contributed by atoms with E-state index in [1.54, 1.807) is 4.90 Å². The Bertz CT molecular complexity index is 690. The third-order valence-electron chi connectivity index (χ3n) is 5.91. The summed E-state index contributed by atoms with van der Waals surface area (Å²) in [5.74, 6) is -0.476. The molecule has 0 saturated carbocycles. The number of β-amino-alcohol motifs (C(OH)–C–C–N with tert-alkyl or cyclic N) is 1. The maximum atomic E-state index is 12.5. The first-order valence-electron chi connectivity index (χ1n) is 12.2. The Morgan fingerprint density at radius 1 is 1.06 bits per heavy atom. The smallest absolute Gasteiger partial charge is 0.253 e. The number of carbonyl (C=O) groups is 4. The highest BCUT2D eigenvalue weighted by atomic mass is 16.5. The minimum absolute atomic E-state index is 0.000108. The topological polar surface area (TPSA) is 116 Å². The molecule has 2 rings (SSSR count). The van der Waals surface area contributed by atoms with Gasteiger partial charge in [-0.05, 0) is 46.0 Å². The quantitative estimate of drug-likeness (QED) is 0.280. The van der Waals surface area contributed by atoms with Gasteiger partial charge in [0, 0.05) is 44.6 Å². The zero-order chi connectivity index (χ0) is 24.2. The predicted octanol–water partition coefficient (Wildman–Crippen LogP) is 1.54. The standard InChI is InChI=1S/C24H39N3O6/c1-18(2)33-17-19-15-20(28)16-27(19)22(30)10-6-3-7-13-25-21(29)9-5-4-8-14-26-23(31)11-12-24(26)32/h11-12,18-20,28H,3-10,13-17H2,1-2H3,(H,25,29)/t19-,20+/m0/s1. The molecule has 0 unspecified atom stereocenters. The number of ether oxygens (including phenoxy) is 1. The minimum Gasteiger partial charge on any atom is -0.391 e. The molecule has 2 atom stereocenters. The van der Waals surface area contributed by atoms with Gasteiger partial charge in [-0.25, -0.2) is 0 Å². The number of carbonyl (C=O) groups excluding carboxylic acids is 4. The van der Waals surface area contributed by atoms with Crippen molar-refractivity contribution in [1.82, 2.24) is 15.1 Å². The van der Waals surface area contributed by atoms with Crippen LogP contribution in [0.5, 0.6) is 0 Å². The molecule has 0 aromatic heterocycles. The van der Waals surface area contributed by atoms with E-state index in [2.05, 4.69) is 5.32 Å². The molecule has 1 saturated heterocycles. The molecule has 0 aromatic carbocycles. The van der Waals surface area contributed by atoms with Crippen molar-refractivity contribution in [3.63, 3.8) is 0 Å². The van der Waals surface area contributed by atoms with Gasteiger partial charge in [0.2, 0.25) is 11.8 Å². The summed E-state index contributed by atoms with van der Waals surface area (Å²) in [7, 11) is 0. The van der Waals surface area contributed by atoms with E-state index in [0.717, 1.165) is 25.7 Å². The van der Waals surface area contributed by atoms with Gasteiger partial charge in [0.05, 0.1) is 24.9 Å². The molecule has 0 bridgehead atoms. The summed E-state index contributed by atoms with van der Waals surface area (Å²) in [5, 5.41) is 12.8. The van der Waals surface area contributed by atoms with Gasteiger partial charge in [0.1, 0.15) is 0 Å². The van der Waals surface area contributed by atoms with Crippen LogP contribution in [0.1, 0.15) is 71.6 Å². The number of hydrogen-bond acceptors (Lipinski definition) is 6. The molecule has 186 valence electrons. The second-order valence-corrected chi connectivity index (χ2v) is 9.10. The Morgan fingerprint density at radius 2 is 1.73 bits per heavy atom. The molecule has 33 heavy (non-hydrogen) atoms. The Hall–Kier alpha value is -2.26. The van der Waals surface area contributed by atoms with Crippen LogP contribution in [0.15, 0.2) is 12.2 Å². The lowest BCUT2D eigenvalue weighted by atomic mass is 10.1. The van der Waals surface area contributed by atoms with Crippen LogP contribution in [0.3, 0.4) is 0 Å². The van der Waals surface area contributed by atoms with Crippen LogP contribution in [-0.2, 0) is 23.9 Å². The highest BCUT2D eigenvalue weighted by molar-refractivity contribution is 6.12. The van der Waals surface area contributed by atoms with Gasteiger partial charge >= 0.3 is 0 Å². The molecule has 0 aromatic rings. The summed E-state index contributed by atoms with van der Waals surface area (Å²) >= 11 is 0. The molecular formula is C24H39N3O6. The molecule has 2 heterocycles. The fraction of sp³-hybridized carbons (Fsp3) is 0.750. The lowest BCUT2D eigenvalue weighted by molar-refractivity contribution is -0.137. The molecule has 2 aliphatic rings. The van der Waals surface area contributed by atoms with Crippen molar-refractivity contribution in [2.75, 3.05) is 26.2 Å². The summed E-state index contributed by atoms with van der Waals surface area (Å²) in [6.07, 6.45) is 8.21.